The largest absolute Gasteiger partial charge is 0.349 e. The Hall–Kier alpha value is -2.12. The number of amides is 1. The zero-order valence-electron chi connectivity index (χ0n) is 14.1. The number of rotatable bonds is 2. The van der Waals surface area contributed by atoms with E-state index in [0.29, 0.717) is 30.8 Å². The first kappa shape index (κ1) is 16.4. The lowest BCUT2D eigenvalue weighted by Crippen LogP contribution is -2.40. The van der Waals surface area contributed by atoms with Gasteiger partial charge in [0.15, 0.2) is 0 Å². The molecule has 6 nitrogen and oxygen atoms in total. The Kier molecular flexibility index (Phi) is 3.92. The van der Waals surface area contributed by atoms with E-state index in [1.54, 1.807) is 22.5 Å². The third-order valence-corrected chi connectivity index (χ3v) is 7.06. The summed E-state index contributed by atoms with van der Waals surface area (Å²) in [5.41, 5.74) is 2.62. The van der Waals surface area contributed by atoms with Gasteiger partial charge < -0.3 is 9.88 Å². The molecule has 25 heavy (non-hydrogen) atoms. The van der Waals surface area contributed by atoms with Crippen LogP contribution in [-0.4, -0.2) is 29.7 Å². The molecule has 3 heterocycles. The van der Waals surface area contributed by atoms with Crippen molar-refractivity contribution in [3.05, 3.63) is 47.8 Å². The third-order valence-electron chi connectivity index (χ3n) is 5.09. The molecule has 1 aromatic carbocycles. The predicted octanol–water partition coefficient (Wildman–Crippen LogP) is 2.53. The van der Waals surface area contributed by atoms with E-state index < -0.39 is 10.0 Å². The fourth-order valence-corrected chi connectivity index (χ4v) is 5.38. The van der Waals surface area contributed by atoms with Gasteiger partial charge in [0.2, 0.25) is 15.9 Å². The molecule has 1 amide bonds. The molecule has 2 aliphatic rings. The third kappa shape index (κ3) is 2.77. The second-order valence-electron chi connectivity index (χ2n) is 6.64. The van der Waals surface area contributed by atoms with Crippen LogP contribution >= 0.6 is 0 Å². The number of benzene rings is 1. The van der Waals surface area contributed by atoms with Crippen molar-refractivity contribution >= 4 is 21.6 Å². The summed E-state index contributed by atoms with van der Waals surface area (Å²) in [5.74, 6) is -0.0141. The van der Waals surface area contributed by atoms with Crippen molar-refractivity contribution in [2.24, 2.45) is 0 Å². The summed E-state index contributed by atoms with van der Waals surface area (Å²) in [7, 11) is -3.58. The highest BCUT2D eigenvalue weighted by molar-refractivity contribution is 7.89. The summed E-state index contributed by atoms with van der Waals surface area (Å²) in [6.45, 7) is 3.04. The summed E-state index contributed by atoms with van der Waals surface area (Å²) in [5, 5.41) is 2.85. The van der Waals surface area contributed by atoms with Gasteiger partial charge in [-0.2, -0.15) is 4.31 Å². The number of aryl methyl sites for hydroxylation is 1. The fraction of sp³-hybridized carbons (Fsp3) is 0.389. The van der Waals surface area contributed by atoms with E-state index in [9.17, 15) is 13.2 Å². The van der Waals surface area contributed by atoms with Gasteiger partial charge in [-0.15, -0.1) is 0 Å². The Labute approximate surface area is 147 Å². The van der Waals surface area contributed by atoms with E-state index in [2.05, 4.69) is 9.88 Å². The molecule has 0 unspecified atom stereocenters. The molecule has 2 aromatic rings. The summed E-state index contributed by atoms with van der Waals surface area (Å²) >= 11 is 0. The van der Waals surface area contributed by atoms with E-state index in [0.717, 1.165) is 23.4 Å². The van der Waals surface area contributed by atoms with Gasteiger partial charge in [-0.1, -0.05) is 0 Å². The second-order valence-corrected chi connectivity index (χ2v) is 8.53. The van der Waals surface area contributed by atoms with E-state index in [1.165, 1.54) is 0 Å². The maximum absolute atomic E-state index is 13.2. The lowest BCUT2D eigenvalue weighted by atomic mass is 10.1. The van der Waals surface area contributed by atoms with Crippen LogP contribution in [0.4, 0.5) is 5.69 Å². The highest BCUT2D eigenvalue weighted by atomic mass is 32.2. The number of sulfonamides is 1. The van der Waals surface area contributed by atoms with Crippen molar-refractivity contribution in [1.82, 2.24) is 8.87 Å². The molecule has 2 aliphatic heterocycles. The van der Waals surface area contributed by atoms with Gasteiger partial charge in [0.25, 0.3) is 0 Å². The predicted molar refractivity (Wildman–Crippen MR) is 94.7 cm³/mol. The Balaban J connectivity index is 1.69. The van der Waals surface area contributed by atoms with Gasteiger partial charge in [-0.05, 0) is 55.7 Å². The molecule has 4 rings (SSSR count). The average molecular weight is 359 g/mol. The first-order valence-electron chi connectivity index (χ1n) is 8.56. The number of hydrogen-bond acceptors (Lipinski definition) is 3. The number of aromatic nitrogens is 1. The zero-order chi connectivity index (χ0) is 17.6. The van der Waals surface area contributed by atoms with Crippen LogP contribution in [0.1, 0.15) is 37.1 Å². The normalized spacial score (nSPS) is 21.2. The molecular formula is C18H21N3O3S. The van der Waals surface area contributed by atoms with Crippen LogP contribution in [0.3, 0.4) is 0 Å². The molecule has 7 heteroatoms. The van der Waals surface area contributed by atoms with Crippen molar-refractivity contribution in [3.8, 4) is 0 Å². The number of hydrogen-bond donors (Lipinski definition) is 1. The van der Waals surface area contributed by atoms with Crippen molar-refractivity contribution in [2.45, 2.75) is 43.7 Å². The summed E-state index contributed by atoms with van der Waals surface area (Å²) in [4.78, 5) is 12.0. The number of nitrogens with zero attached hydrogens (tertiary/aromatic N) is 2. The summed E-state index contributed by atoms with van der Waals surface area (Å²) < 4.78 is 30.1. The molecule has 0 bridgehead atoms. The molecule has 1 atom stereocenters. The van der Waals surface area contributed by atoms with Crippen molar-refractivity contribution in [1.29, 1.82) is 0 Å². The smallest absolute Gasteiger partial charge is 0.243 e. The van der Waals surface area contributed by atoms with Crippen LogP contribution in [0.5, 0.6) is 0 Å². The van der Waals surface area contributed by atoms with Gasteiger partial charge in [-0.25, -0.2) is 8.42 Å². The van der Waals surface area contributed by atoms with Crippen molar-refractivity contribution < 1.29 is 13.2 Å². The number of carbonyl (C=O) groups is 1. The lowest BCUT2D eigenvalue weighted by molar-refractivity contribution is -0.116. The van der Waals surface area contributed by atoms with Crippen LogP contribution in [0.25, 0.3) is 0 Å². The highest BCUT2D eigenvalue weighted by Gasteiger charge is 2.34. The number of nitrogens with one attached hydrogen (secondary N) is 1. The van der Waals surface area contributed by atoms with Crippen molar-refractivity contribution in [3.63, 3.8) is 0 Å². The first-order valence-corrected chi connectivity index (χ1v) is 10.0. The lowest BCUT2D eigenvalue weighted by Gasteiger charge is -2.34. The molecule has 1 N–H and O–H groups in total. The summed E-state index contributed by atoms with van der Waals surface area (Å²) in [6.07, 6.45) is 3.89. The molecular weight excluding hydrogens is 338 g/mol. The topological polar surface area (TPSA) is 71.4 Å². The Bertz CT molecular complexity index is 933. The van der Waals surface area contributed by atoms with Crippen LogP contribution in [-0.2, 0) is 27.8 Å². The van der Waals surface area contributed by atoms with Gasteiger partial charge in [0, 0.05) is 37.1 Å². The van der Waals surface area contributed by atoms with E-state index >= 15 is 0 Å². The maximum Gasteiger partial charge on any atom is 0.243 e. The van der Waals surface area contributed by atoms with Crippen molar-refractivity contribution in [2.75, 3.05) is 11.9 Å². The van der Waals surface area contributed by atoms with Gasteiger partial charge in [0.05, 0.1) is 10.9 Å². The molecule has 0 saturated carbocycles. The molecule has 0 radical (unpaired) electrons. The van der Waals surface area contributed by atoms with Gasteiger partial charge in [-0.3, -0.25) is 4.79 Å². The molecule has 132 valence electrons. The van der Waals surface area contributed by atoms with Crippen LogP contribution in [0.15, 0.2) is 41.4 Å². The van der Waals surface area contributed by atoms with E-state index in [1.807, 2.05) is 25.3 Å². The molecule has 0 spiro atoms. The average Bonchev–Trinajstić information content (AvgIpc) is 2.98. The zero-order valence-corrected chi connectivity index (χ0v) is 14.9. The van der Waals surface area contributed by atoms with E-state index in [-0.39, 0.29) is 11.9 Å². The summed E-state index contributed by atoms with van der Waals surface area (Å²) in [6, 6.07) is 8.75. The van der Waals surface area contributed by atoms with Crippen LogP contribution < -0.4 is 5.32 Å². The maximum atomic E-state index is 13.2. The SMILES string of the molecule is C[C@H]1c2cccn2CCN1S(=O)(=O)c1ccc2c(c1)CCCC(=O)N2. The van der Waals surface area contributed by atoms with Gasteiger partial charge in [0.1, 0.15) is 0 Å². The Morgan fingerprint density at radius 3 is 2.84 bits per heavy atom. The first-order chi connectivity index (χ1) is 12.0. The van der Waals surface area contributed by atoms with Crippen LogP contribution in [0.2, 0.25) is 0 Å². The van der Waals surface area contributed by atoms with Crippen LogP contribution in [0, 0.1) is 0 Å². The molecule has 0 saturated heterocycles. The Morgan fingerprint density at radius 1 is 1.16 bits per heavy atom. The minimum Gasteiger partial charge on any atom is -0.349 e. The Morgan fingerprint density at radius 2 is 2.00 bits per heavy atom. The highest BCUT2D eigenvalue weighted by Crippen LogP contribution is 2.33. The standard InChI is InChI=1S/C18H21N3O3S/c1-13-17-5-3-9-20(17)10-11-21(13)25(23,24)15-7-8-16-14(12-15)4-2-6-18(22)19-16/h3,5,7-9,12-13H,2,4,6,10-11H2,1H3,(H,19,22)/t13-/m0/s1. The van der Waals surface area contributed by atoms with E-state index in [4.69, 9.17) is 0 Å². The minimum absolute atomic E-state index is 0.0141. The molecule has 0 fully saturated rings. The minimum atomic E-state index is -3.58. The molecule has 1 aromatic heterocycles. The number of anilines is 1. The fourth-order valence-electron chi connectivity index (χ4n) is 3.73. The number of fused-ring (bicyclic) bond motifs is 2. The molecule has 0 aliphatic carbocycles. The number of carbonyl (C=O) groups excluding carboxylic acids is 1. The van der Waals surface area contributed by atoms with Gasteiger partial charge >= 0.3 is 0 Å². The monoisotopic (exact) mass is 359 g/mol. The second kappa shape index (κ2) is 6.00. The quantitative estimate of drug-likeness (QED) is 0.896.